The molecule has 0 saturated heterocycles. The molecule has 0 fully saturated rings. The van der Waals surface area contributed by atoms with Gasteiger partial charge in [0.05, 0.1) is 0 Å². The Morgan fingerprint density at radius 1 is 1.07 bits per heavy atom. The third-order valence-electron chi connectivity index (χ3n) is 2.45. The Labute approximate surface area is 87.0 Å². The highest BCUT2D eigenvalue weighted by molar-refractivity contribution is 5.78. The lowest BCUT2D eigenvalue weighted by Crippen LogP contribution is -1.88. The summed E-state index contributed by atoms with van der Waals surface area (Å²) in [5.74, 6) is 0. The summed E-state index contributed by atoms with van der Waals surface area (Å²) in [6.07, 6.45) is 5.47. The summed E-state index contributed by atoms with van der Waals surface area (Å²) in [5.41, 5.74) is 4.08. The molecule has 0 unspecified atom stereocenters. The van der Waals surface area contributed by atoms with E-state index in [9.17, 15) is 0 Å². The average Bonchev–Trinajstić information content (AvgIpc) is 2.27. The molecule has 0 radical (unpaired) electrons. The predicted molar refractivity (Wildman–Crippen MR) is 64.1 cm³/mol. The molecule has 1 aromatic rings. The third-order valence-corrected chi connectivity index (χ3v) is 2.45. The first-order valence-electron chi connectivity index (χ1n) is 5.20. The summed E-state index contributed by atoms with van der Waals surface area (Å²) in [6, 6.07) is 10.5. The van der Waals surface area contributed by atoms with Crippen molar-refractivity contribution in [1.82, 2.24) is 0 Å². The molecule has 0 amide bonds. The molecule has 0 aromatic heterocycles. The number of hydrogen-bond donors (Lipinski definition) is 0. The zero-order chi connectivity index (χ0) is 10.4. The van der Waals surface area contributed by atoms with Gasteiger partial charge in [-0.15, -0.1) is 0 Å². The molecule has 1 rings (SSSR count). The van der Waals surface area contributed by atoms with Crippen LogP contribution < -0.4 is 0 Å². The molecular formula is C14H18. The van der Waals surface area contributed by atoms with E-state index in [1.54, 1.807) is 0 Å². The van der Waals surface area contributed by atoms with Crippen molar-refractivity contribution in [2.75, 3.05) is 0 Å². The molecule has 0 saturated carbocycles. The van der Waals surface area contributed by atoms with Gasteiger partial charge in [0.1, 0.15) is 0 Å². The highest BCUT2D eigenvalue weighted by Crippen LogP contribution is 2.24. The van der Waals surface area contributed by atoms with E-state index in [0.29, 0.717) is 0 Å². The van der Waals surface area contributed by atoms with Gasteiger partial charge in [-0.2, -0.15) is 0 Å². The fraction of sp³-hybridized carbons (Fsp3) is 0.286. The third kappa shape index (κ3) is 2.35. The van der Waals surface area contributed by atoms with Crippen LogP contribution >= 0.6 is 0 Å². The van der Waals surface area contributed by atoms with Crippen molar-refractivity contribution in [3.05, 3.63) is 53.6 Å². The van der Waals surface area contributed by atoms with Crippen molar-refractivity contribution in [3.8, 4) is 0 Å². The SMILES string of the molecule is C/C=C(CC)\C(=C/C)c1ccccc1. The maximum absolute atomic E-state index is 2.20. The first-order valence-corrected chi connectivity index (χ1v) is 5.20. The van der Waals surface area contributed by atoms with E-state index in [1.807, 2.05) is 0 Å². The zero-order valence-electron chi connectivity index (χ0n) is 9.25. The maximum atomic E-state index is 2.20. The summed E-state index contributed by atoms with van der Waals surface area (Å²) in [4.78, 5) is 0. The van der Waals surface area contributed by atoms with Gasteiger partial charge in [-0.05, 0) is 37.0 Å². The van der Waals surface area contributed by atoms with E-state index in [-0.39, 0.29) is 0 Å². The van der Waals surface area contributed by atoms with Crippen molar-refractivity contribution in [2.24, 2.45) is 0 Å². The average molecular weight is 186 g/mol. The summed E-state index contributed by atoms with van der Waals surface area (Å²) < 4.78 is 0. The van der Waals surface area contributed by atoms with Crippen LogP contribution in [0.25, 0.3) is 5.57 Å². The normalized spacial score (nSPS) is 13.1. The topological polar surface area (TPSA) is 0 Å². The molecule has 0 aliphatic carbocycles. The zero-order valence-corrected chi connectivity index (χ0v) is 9.25. The highest BCUT2D eigenvalue weighted by Gasteiger charge is 2.02. The van der Waals surface area contributed by atoms with Gasteiger partial charge in [-0.25, -0.2) is 0 Å². The number of hydrogen-bond acceptors (Lipinski definition) is 0. The maximum Gasteiger partial charge on any atom is -0.0185 e. The van der Waals surface area contributed by atoms with Crippen LogP contribution in [0.1, 0.15) is 32.8 Å². The van der Waals surface area contributed by atoms with Crippen molar-refractivity contribution in [1.29, 1.82) is 0 Å². The van der Waals surface area contributed by atoms with Gasteiger partial charge >= 0.3 is 0 Å². The Morgan fingerprint density at radius 2 is 1.71 bits per heavy atom. The molecule has 0 heteroatoms. The second-order valence-electron chi connectivity index (χ2n) is 3.24. The molecule has 0 atom stereocenters. The molecule has 0 heterocycles. The van der Waals surface area contributed by atoms with Gasteiger partial charge in [-0.3, -0.25) is 0 Å². The Kier molecular flexibility index (Phi) is 4.18. The minimum atomic E-state index is 1.09. The van der Waals surface area contributed by atoms with Crippen LogP contribution in [0.2, 0.25) is 0 Å². The number of allylic oxidation sites excluding steroid dienone is 4. The summed E-state index contributed by atoms with van der Waals surface area (Å²) in [7, 11) is 0. The molecule has 0 N–H and O–H groups in total. The van der Waals surface area contributed by atoms with Gasteiger partial charge < -0.3 is 0 Å². The molecule has 0 bridgehead atoms. The number of rotatable bonds is 3. The first kappa shape index (κ1) is 10.8. The molecule has 1 aromatic carbocycles. The minimum Gasteiger partial charge on any atom is -0.0838 e. The summed E-state index contributed by atoms with van der Waals surface area (Å²) in [5, 5.41) is 0. The van der Waals surface area contributed by atoms with Crippen molar-refractivity contribution in [2.45, 2.75) is 27.2 Å². The van der Waals surface area contributed by atoms with Crippen LogP contribution in [-0.4, -0.2) is 0 Å². The second-order valence-corrected chi connectivity index (χ2v) is 3.24. The van der Waals surface area contributed by atoms with Gasteiger partial charge in [0.2, 0.25) is 0 Å². The largest absolute Gasteiger partial charge is 0.0838 e. The van der Waals surface area contributed by atoms with Gasteiger partial charge in [0.25, 0.3) is 0 Å². The lowest BCUT2D eigenvalue weighted by Gasteiger charge is -2.09. The summed E-state index contributed by atoms with van der Waals surface area (Å²) >= 11 is 0. The molecule has 0 spiro atoms. The molecule has 14 heavy (non-hydrogen) atoms. The molecule has 0 nitrogen and oxygen atoms in total. The Bertz CT molecular complexity index is 328. The van der Waals surface area contributed by atoms with Crippen LogP contribution in [0.15, 0.2) is 48.1 Å². The molecule has 74 valence electrons. The van der Waals surface area contributed by atoms with Crippen LogP contribution in [0, 0.1) is 0 Å². The predicted octanol–water partition coefficient (Wildman–Crippen LogP) is 4.45. The first-order chi connectivity index (χ1) is 6.83. The lowest BCUT2D eigenvalue weighted by atomic mass is 9.96. The quantitative estimate of drug-likeness (QED) is 0.612. The van der Waals surface area contributed by atoms with E-state index in [1.165, 1.54) is 16.7 Å². The fourth-order valence-corrected chi connectivity index (χ4v) is 1.71. The summed E-state index contributed by atoms with van der Waals surface area (Å²) in [6.45, 7) is 6.40. The van der Waals surface area contributed by atoms with Crippen LogP contribution in [0.3, 0.4) is 0 Å². The Hall–Kier alpha value is -1.30. The van der Waals surface area contributed by atoms with Crippen molar-refractivity contribution in [3.63, 3.8) is 0 Å². The lowest BCUT2D eigenvalue weighted by molar-refractivity contribution is 1.15. The van der Waals surface area contributed by atoms with Crippen LogP contribution in [0.4, 0.5) is 0 Å². The van der Waals surface area contributed by atoms with Crippen LogP contribution in [-0.2, 0) is 0 Å². The van der Waals surface area contributed by atoms with E-state index in [4.69, 9.17) is 0 Å². The van der Waals surface area contributed by atoms with E-state index in [0.717, 1.165) is 6.42 Å². The van der Waals surface area contributed by atoms with Crippen molar-refractivity contribution >= 4 is 5.57 Å². The molecular weight excluding hydrogens is 168 g/mol. The van der Waals surface area contributed by atoms with Crippen molar-refractivity contribution < 1.29 is 0 Å². The van der Waals surface area contributed by atoms with Gasteiger partial charge in [0.15, 0.2) is 0 Å². The van der Waals surface area contributed by atoms with E-state index >= 15 is 0 Å². The Balaban J connectivity index is 3.07. The monoisotopic (exact) mass is 186 g/mol. The van der Waals surface area contributed by atoms with E-state index < -0.39 is 0 Å². The second kappa shape index (κ2) is 5.43. The standard InChI is InChI=1S/C14H18/c1-4-12(5-2)14(6-3)13-10-8-7-9-11-13/h4,6-11H,5H2,1-3H3/b12-4-,14-6+. The van der Waals surface area contributed by atoms with E-state index in [2.05, 4.69) is 63.3 Å². The van der Waals surface area contributed by atoms with Gasteiger partial charge in [0, 0.05) is 0 Å². The molecule has 0 aliphatic rings. The fourth-order valence-electron chi connectivity index (χ4n) is 1.71. The Morgan fingerprint density at radius 3 is 2.14 bits per heavy atom. The number of benzene rings is 1. The highest BCUT2D eigenvalue weighted by atomic mass is 14.1. The van der Waals surface area contributed by atoms with Crippen LogP contribution in [0.5, 0.6) is 0 Å². The minimum absolute atomic E-state index is 1.09. The smallest absolute Gasteiger partial charge is 0.0185 e. The molecule has 0 aliphatic heterocycles. The van der Waals surface area contributed by atoms with Gasteiger partial charge in [-0.1, -0.05) is 49.4 Å².